The van der Waals surface area contributed by atoms with E-state index in [9.17, 15) is 19.5 Å². The number of esters is 1. The van der Waals surface area contributed by atoms with Crippen LogP contribution in [0.5, 0.6) is 0 Å². The van der Waals surface area contributed by atoms with E-state index in [0.717, 1.165) is 21.9 Å². The van der Waals surface area contributed by atoms with E-state index >= 15 is 0 Å². The van der Waals surface area contributed by atoms with E-state index in [-0.39, 0.29) is 31.4 Å². The summed E-state index contributed by atoms with van der Waals surface area (Å²) in [4.78, 5) is 38.1. The van der Waals surface area contributed by atoms with Gasteiger partial charge >= 0.3 is 11.9 Å². The van der Waals surface area contributed by atoms with Crippen LogP contribution in [0, 0.1) is 0 Å². The minimum atomic E-state index is -1.07. The van der Waals surface area contributed by atoms with Crippen LogP contribution in [0.4, 0.5) is 0 Å². The van der Waals surface area contributed by atoms with Crippen LogP contribution in [0.15, 0.2) is 72.8 Å². The molecule has 1 aliphatic rings. The molecule has 2 N–H and O–H groups in total. The van der Waals surface area contributed by atoms with Crippen LogP contribution in [-0.2, 0) is 30.4 Å². The SMILES string of the molecule is CCOC(=O)C(CCc1ccccc1)NC1(c2ccc3ccccc3c2)CN(CC(=O)O)C(=O)CCS1. The number of nitrogens with one attached hydrogen (secondary N) is 1. The molecule has 8 heteroatoms. The Kier molecular flexibility index (Phi) is 8.84. The number of thioether (sulfide) groups is 1. The number of amides is 1. The van der Waals surface area contributed by atoms with Gasteiger partial charge in [0, 0.05) is 12.2 Å². The van der Waals surface area contributed by atoms with Crippen molar-refractivity contribution in [3.05, 3.63) is 83.9 Å². The highest BCUT2D eigenvalue weighted by Crippen LogP contribution is 2.40. The molecule has 0 aromatic heterocycles. The number of ether oxygens (including phenoxy) is 1. The standard InChI is InChI=1S/C29H32N2O5S/c1-2-36-28(35)25(15-12-21-8-4-3-5-9-21)30-29(20-31(19-27(33)34)26(32)16-17-37-29)24-14-13-22-10-6-7-11-23(22)18-24/h3-11,13-14,18,25,30H,2,12,15-17,19-20H2,1H3,(H,33,34). The zero-order valence-electron chi connectivity index (χ0n) is 20.9. The summed E-state index contributed by atoms with van der Waals surface area (Å²) in [6.45, 7) is 1.74. The summed E-state index contributed by atoms with van der Waals surface area (Å²) in [6, 6.07) is 23.3. The number of nitrogens with zero attached hydrogens (tertiary/aromatic N) is 1. The average molecular weight is 521 g/mol. The third kappa shape index (κ3) is 6.70. The number of carbonyl (C=O) groups is 3. The number of aliphatic carboxylic acids is 1. The first-order chi connectivity index (χ1) is 17.9. The van der Waals surface area contributed by atoms with E-state index < -0.39 is 23.4 Å². The number of carboxylic acid groups (broad SMARTS) is 1. The van der Waals surface area contributed by atoms with Crippen LogP contribution in [0.25, 0.3) is 10.8 Å². The van der Waals surface area contributed by atoms with E-state index in [1.165, 1.54) is 16.7 Å². The highest BCUT2D eigenvalue weighted by atomic mass is 32.2. The number of hydrogen-bond donors (Lipinski definition) is 2. The number of benzene rings is 3. The molecule has 0 spiro atoms. The second-order valence-corrected chi connectivity index (χ2v) is 10.5. The molecule has 3 aromatic rings. The third-order valence-electron chi connectivity index (χ3n) is 6.52. The van der Waals surface area contributed by atoms with Gasteiger partial charge in [-0.2, -0.15) is 0 Å². The van der Waals surface area contributed by atoms with Gasteiger partial charge in [0.15, 0.2) is 0 Å². The Morgan fingerprint density at radius 3 is 2.54 bits per heavy atom. The van der Waals surface area contributed by atoms with Gasteiger partial charge in [0.05, 0.1) is 13.2 Å². The van der Waals surface area contributed by atoms with E-state index in [1.807, 2.05) is 66.7 Å². The van der Waals surface area contributed by atoms with E-state index in [1.54, 1.807) is 6.92 Å². The molecule has 0 radical (unpaired) electrons. The molecule has 0 aliphatic carbocycles. The van der Waals surface area contributed by atoms with Gasteiger partial charge in [-0.25, -0.2) is 0 Å². The van der Waals surface area contributed by atoms with Gasteiger partial charge in [0.1, 0.15) is 17.5 Å². The second-order valence-electron chi connectivity index (χ2n) is 9.10. The molecule has 1 saturated heterocycles. The highest BCUT2D eigenvalue weighted by Gasteiger charge is 2.42. The Balaban J connectivity index is 1.74. The van der Waals surface area contributed by atoms with Gasteiger partial charge in [-0.3, -0.25) is 19.7 Å². The summed E-state index contributed by atoms with van der Waals surface area (Å²) in [6.07, 6.45) is 1.38. The lowest BCUT2D eigenvalue weighted by Crippen LogP contribution is -2.55. The van der Waals surface area contributed by atoms with Crippen LogP contribution >= 0.6 is 11.8 Å². The minimum Gasteiger partial charge on any atom is -0.480 e. The predicted octanol–water partition coefficient (Wildman–Crippen LogP) is 4.20. The molecule has 1 aliphatic heterocycles. The van der Waals surface area contributed by atoms with Crippen molar-refractivity contribution in [3.8, 4) is 0 Å². The zero-order valence-corrected chi connectivity index (χ0v) is 21.7. The lowest BCUT2D eigenvalue weighted by molar-refractivity contribution is -0.147. The van der Waals surface area contributed by atoms with Crippen molar-refractivity contribution in [2.45, 2.75) is 37.1 Å². The monoisotopic (exact) mass is 520 g/mol. The van der Waals surface area contributed by atoms with Gasteiger partial charge in [0.25, 0.3) is 0 Å². The van der Waals surface area contributed by atoms with Crippen LogP contribution in [0.3, 0.4) is 0 Å². The summed E-state index contributed by atoms with van der Waals surface area (Å²) in [5.41, 5.74) is 1.99. The van der Waals surface area contributed by atoms with Crippen LogP contribution in [0.1, 0.15) is 30.9 Å². The predicted molar refractivity (Wildman–Crippen MR) is 145 cm³/mol. The van der Waals surface area contributed by atoms with Crippen molar-refractivity contribution >= 4 is 40.4 Å². The highest BCUT2D eigenvalue weighted by molar-refractivity contribution is 8.00. The molecule has 1 heterocycles. The van der Waals surface area contributed by atoms with Crippen LogP contribution in [-0.4, -0.2) is 59.3 Å². The van der Waals surface area contributed by atoms with Crippen LogP contribution < -0.4 is 5.32 Å². The normalized spacial score (nSPS) is 18.8. The summed E-state index contributed by atoms with van der Waals surface area (Å²) < 4.78 is 5.44. The van der Waals surface area contributed by atoms with Gasteiger partial charge in [-0.15, -0.1) is 11.8 Å². The quantitative estimate of drug-likeness (QED) is 0.387. The maximum absolute atomic E-state index is 13.2. The van der Waals surface area contributed by atoms with E-state index in [4.69, 9.17) is 4.74 Å². The van der Waals surface area contributed by atoms with Gasteiger partial charge in [-0.05, 0) is 47.7 Å². The smallest absolute Gasteiger partial charge is 0.323 e. The summed E-state index contributed by atoms with van der Waals surface area (Å²) in [5.74, 6) is -1.15. The molecule has 1 amide bonds. The number of aryl methyl sites for hydroxylation is 1. The molecule has 4 rings (SSSR count). The third-order valence-corrected chi connectivity index (χ3v) is 7.90. The average Bonchev–Trinajstić information content (AvgIpc) is 3.05. The molecule has 1 fully saturated rings. The van der Waals surface area contributed by atoms with Crippen molar-refractivity contribution in [2.24, 2.45) is 0 Å². The molecule has 2 unspecified atom stereocenters. The van der Waals surface area contributed by atoms with Crippen molar-refractivity contribution in [1.29, 1.82) is 0 Å². The Morgan fingerprint density at radius 1 is 1.08 bits per heavy atom. The molecule has 0 saturated carbocycles. The molecule has 7 nitrogen and oxygen atoms in total. The molecule has 3 aromatic carbocycles. The Labute approximate surface area is 221 Å². The molecule has 2 atom stereocenters. The molecule has 0 bridgehead atoms. The minimum absolute atomic E-state index is 0.113. The van der Waals surface area contributed by atoms with Gasteiger partial charge in [-0.1, -0.05) is 66.7 Å². The maximum atomic E-state index is 13.2. The first-order valence-electron chi connectivity index (χ1n) is 12.5. The van der Waals surface area contributed by atoms with Gasteiger partial charge < -0.3 is 14.7 Å². The fourth-order valence-corrected chi connectivity index (χ4v) is 6.09. The first kappa shape index (κ1) is 26.7. The summed E-state index contributed by atoms with van der Waals surface area (Å²) in [7, 11) is 0. The molecule has 37 heavy (non-hydrogen) atoms. The lowest BCUT2D eigenvalue weighted by Gasteiger charge is -2.39. The number of carbonyl (C=O) groups excluding carboxylic acids is 2. The largest absolute Gasteiger partial charge is 0.480 e. The Hall–Kier alpha value is -3.36. The fourth-order valence-electron chi connectivity index (χ4n) is 4.70. The fraction of sp³-hybridized carbons (Fsp3) is 0.345. The maximum Gasteiger partial charge on any atom is 0.323 e. The lowest BCUT2D eigenvalue weighted by atomic mass is 9.98. The van der Waals surface area contributed by atoms with Crippen molar-refractivity contribution in [2.75, 3.05) is 25.4 Å². The van der Waals surface area contributed by atoms with Crippen molar-refractivity contribution < 1.29 is 24.2 Å². The number of fused-ring (bicyclic) bond motifs is 1. The van der Waals surface area contributed by atoms with Crippen molar-refractivity contribution in [3.63, 3.8) is 0 Å². The Bertz CT molecular complexity index is 1250. The van der Waals surface area contributed by atoms with Crippen LogP contribution in [0.2, 0.25) is 0 Å². The molecule has 194 valence electrons. The zero-order chi connectivity index (χ0) is 26.3. The second kappa shape index (κ2) is 12.3. The Morgan fingerprint density at radius 2 is 1.81 bits per heavy atom. The first-order valence-corrected chi connectivity index (χ1v) is 13.5. The van der Waals surface area contributed by atoms with E-state index in [0.29, 0.717) is 18.6 Å². The van der Waals surface area contributed by atoms with E-state index in [2.05, 4.69) is 11.4 Å². The van der Waals surface area contributed by atoms with Crippen molar-refractivity contribution in [1.82, 2.24) is 10.2 Å². The summed E-state index contributed by atoms with van der Waals surface area (Å²) in [5, 5.41) is 15.2. The topological polar surface area (TPSA) is 95.9 Å². The summed E-state index contributed by atoms with van der Waals surface area (Å²) >= 11 is 1.54. The molecular formula is C29H32N2O5S. The number of rotatable bonds is 10. The number of hydrogen-bond acceptors (Lipinski definition) is 6. The van der Waals surface area contributed by atoms with Gasteiger partial charge in [0.2, 0.25) is 5.91 Å². The number of carboxylic acids is 1. The molecular weight excluding hydrogens is 488 g/mol.